The van der Waals surface area contributed by atoms with Crippen molar-refractivity contribution in [2.75, 3.05) is 32.5 Å². The van der Waals surface area contributed by atoms with Crippen molar-refractivity contribution in [1.29, 1.82) is 0 Å². The number of rotatable bonds is 9. The molecule has 1 atom stereocenters. The van der Waals surface area contributed by atoms with Crippen LogP contribution in [-0.2, 0) is 19.6 Å². The molecule has 20 heavy (non-hydrogen) atoms. The Kier molecular flexibility index (Phi) is 7.47. The molecule has 1 rings (SSSR count). The summed E-state index contributed by atoms with van der Waals surface area (Å²) in [6.07, 6.45) is 5.41. The molecule has 1 unspecified atom stereocenters. The minimum Gasteiger partial charge on any atom is -0.368 e. The summed E-state index contributed by atoms with van der Waals surface area (Å²) in [6, 6.07) is 0. The first-order chi connectivity index (χ1) is 9.45. The van der Waals surface area contributed by atoms with Crippen molar-refractivity contribution in [3.63, 3.8) is 0 Å². The summed E-state index contributed by atoms with van der Waals surface area (Å²) in [5.41, 5.74) is 0. The van der Waals surface area contributed by atoms with Crippen molar-refractivity contribution in [1.82, 2.24) is 9.62 Å². The van der Waals surface area contributed by atoms with Crippen LogP contribution >= 0.6 is 0 Å². The van der Waals surface area contributed by atoms with Crippen LogP contribution in [-0.4, -0.2) is 57.2 Å². The van der Waals surface area contributed by atoms with Crippen molar-refractivity contribution < 1.29 is 17.9 Å². The van der Waals surface area contributed by atoms with Crippen LogP contribution in [0.25, 0.3) is 0 Å². The lowest BCUT2D eigenvalue weighted by Crippen LogP contribution is -2.41. The molecule has 1 heterocycles. The molecule has 0 saturated carbocycles. The third kappa shape index (κ3) is 6.19. The topological polar surface area (TPSA) is 75.7 Å². The molecule has 1 saturated heterocycles. The third-order valence-corrected chi connectivity index (χ3v) is 4.67. The summed E-state index contributed by atoms with van der Waals surface area (Å²) in [5, 5.41) is 2.75. The van der Waals surface area contributed by atoms with Crippen LogP contribution in [0.15, 0.2) is 0 Å². The molecular formula is C13H26N2O4S. The number of carbonyl (C=O) groups is 1. The molecule has 0 aromatic carbocycles. The molecule has 6 nitrogen and oxygen atoms in total. The molecular weight excluding hydrogens is 280 g/mol. The highest BCUT2D eigenvalue weighted by Gasteiger charge is 2.23. The first-order valence-electron chi connectivity index (χ1n) is 7.29. The second-order valence-corrected chi connectivity index (χ2v) is 7.14. The maximum Gasteiger partial charge on any atom is 0.249 e. The van der Waals surface area contributed by atoms with E-state index in [1.54, 1.807) is 0 Å². The lowest BCUT2D eigenvalue weighted by molar-refractivity contribution is -0.130. The molecule has 0 aromatic heterocycles. The van der Waals surface area contributed by atoms with E-state index in [1.165, 1.54) is 10.6 Å². The zero-order valence-corrected chi connectivity index (χ0v) is 13.2. The molecule has 0 spiro atoms. The van der Waals surface area contributed by atoms with Crippen molar-refractivity contribution in [2.24, 2.45) is 0 Å². The molecule has 1 aliphatic rings. The number of carbonyl (C=O) groups excluding carboxylic acids is 1. The van der Waals surface area contributed by atoms with Gasteiger partial charge in [-0.3, -0.25) is 4.79 Å². The lowest BCUT2D eigenvalue weighted by atomic mass is 10.2. The predicted molar refractivity (Wildman–Crippen MR) is 77.9 cm³/mol. The summed E-state index contributed by atoms with van der Waals surface area (Å²) in [5.74, 6) is -0.135. The number of hydrogen-bond donors (Lipinski definition) is 1. The maximum atomic E-state index is 11.7. The van der Waals surface area contributed by atoms with Crippen molar-refractivity contribution in [3.8, 4) is 0 Å². The first-order valence-corrected chi connectivity index (χ1v) is 9.14. The summed E-state index contributed by atoms with van der Waals surface area (Å²) in [6.45, 7) is 3.87. The number of hydrogen-bond acceptors (Lipinski definition) is 4. The Labute approximate surface area is 121 Å². The molecule has 7 heteroatoms. The van der Waals surface area contributed by atoms with Gasteiger partial charge in [0.2, 0.25) is 15.9 Å². The Morgan fingerprint density at radius 3 is 2.65 bits per heavy atom. The number of unbranched alkanes of at least 4 members (excludes halogenated alkanes) is 2. The van der Waals surface area contributed by atoms with Gasteiger partial charge >= 0.3 is 0 Å². The number of nitrogens with one attached hydrogen (secondary N) is 1. The molecule has 0 radical (unpaired) electrons. The standard InChI is InChI=1S/C13H26N2O4S/c1-3-4-5-9-15(20(2,17)18)10-8-14-13(16)12-7-6-11-19-12/h12H,3-11H2,1-2H3,(H,14,16). The average molecular weight is 306 g/mol. The van der Waals surface area contributed by atoms with Gasteiger partial charge in [-0.05, 0) is 19.3 Å². The van der Waals surface area contributed by atoms with E-state index in [9.17, 15) is 13.2 Å². The predicted octanol–water partition coefficient (Wildman–Crippen LogP) is 0.733. The van der Waals surface area contributed by atoms with E-state index in [1.807, 2.05) is 0 Å². The zero-order chi connectivity index (χ0) is 15.0. The van der Waals surface area contributed by atoms with Crippen LogP contribution in [0.4, 0.5) is 0 Å². The van der Waals surface area contributed by atoms with Gasteiger partial charge in [0.1, 0.15) is 6.10 Å². The van der Waals surface area contributed by atoms with Crippen LogP contribution in [0.2, 0.25) is 0 Å². The fraction of sp³-hybridized carbons (Fsp3) is 0.923. The molecule has 0 aromatic rings. The Balaban J connectivity index is 2.32. The first kappa shape index (κ1) is 17.4. The smallest absolute Gasteiger partial charge is 0.249 e. The highest BCUT2D eigenvalue weighted by molar-refractivity contribution is 7.88. The van der Waals surface area contributed by atoms with Gasteiger partial charge in [0.25, 0.3) is 0 Å². The summed E-state index contributed by atoms with van der Waals surface area (Å²) in [7, 11) is -3.21. The average Bonchev–Trinajstić information content (AvgIpc) is 2.89. The van der Waals surface area contributed by atoms with Gasteiger partial charge in [0, 0.05) is 26.2 Å². The van der Waals surface area contributed by atoms with E-state index < -0.39 is 10.0 Å². The lowest BCUT2D eigenvalue weighted by Gasteiger charge is -2.20. The van der Waals surface area contributed by atoms with Gasteiger partial charge in [0.05, 0.1) is 6.26 Å². The minimum atomic E-state index is -3.21. The van der Waals surface area contributed by atoms with Gasteiger partial charge < -0.3 is 10.1 Å². The van der Waals surface area contributed by atoms with Crippen molar-refractivity contribution in [3.05, 3.63) is 0 Å². The molecule has 0 bridgehead atoms. The Morgan fingerprint density at radius 1 is 1.35 bits per heavy atom. The zero-order valence-electron chi connectivity index (χ0n) is 12.4. The van der Waals surface area contributed by atoms with Crippen LogP contribution in [0, 0.1) is 0 Å². The highest BCUT2D eigenvalue weighted by Crippen LogP contribution is 2.11. The Morgan fingerprint density at radius 2 is 2.10 bits per heavy atom. The van der Waals surface area contributed by atoms with Gasteiger partial charge in [-0.2, -0.15) is 0 Å². The molecule has 1 N–H and O–H groups in total. The highest BCUT2D eigenvalue weighted by atomic mass is 32.2. The molecule has 1 amide bonds. The molecule has 0 aliphatic carbocycles. The van der Waals surface area contributed by atoms with Crippen LogP contribution in [0.5, 0.6) is 0 Å². The minimum absolute atomic E-state index is 0.135. The van der Waals surface area contributed by atoms with Crippen LogP contribution in [0.1, 0.15) is 39.0 Å². The van der Waals surface area contributed by atoms with E-state index in [-0.39, 0.29) is 12.0 Å². The van der Waals surface area contributed by atoms with E-state index in [2.05, 4.69) is 12.2 Å². The van der Waals surface area contributed by atoms with Gasteiger partial charge in [0.15, 0.2) is 0 Å². The van der Waals surface area contributed by atoms with E-state index >= 15 is 0 Å². The third-order valence-electron chi connectivity index (χ3n) is 3.36. The molecule has 1 fully saturated rings. The second-order valence-electron chi connectivity index (χ2n) is 5.16. The quantitative estimate of drug-likeness (QED) is 0.637. The number of amides is 1. The number of sulfonamides is 1. The van der Waals surface area contributed by atoms with Gasteiger partial charge in [-0.1, -0.05) is 19.8 Å². The Hall–Kier alpha value is -0.660. The number of ether oxygens (including phenoxy) is 1. The Bertz CT molecular complexity index is 391. The molecule has 1 aliphatic heterocycles. The van der Waals surface area contributed by atoms with Crippen molar-refractivity contribution >= 4 is 15.9 Å². The maximum absolute atomic E-state index is 11.7. The SMILES string of the molecule is CCCCCN(CCNC(=O)C1CCCO1)S(C)(=O)=O. The number of nitrogens with zero attached hydrogens (tertiary/aromatic N) is 1. The second kappa shape index (κ2) is 8.59. The normalized spacial score (nSPS) is 19.4. The van der Waals surface area contributed by atoms with E-state index in [0.29, 0.717) is 26.2 Å². The van der Waals surface area contributed by atoms with Gasteiger partial charge in [-0.15, -0.1) is 0 Å². The fourth-order valence-electron chi connectivity index (χ4n) is 2.18. The summed E-state index contributed by atoms with van der Waals surface area (Å²) in [4.78, 5) is 11.7. The summed E-state index contributed by atoms with van der Waals surface area (Å²) >= 11 is 0. The monoisotopic (exact) mass is 306 g/mol. The van der Waals surface area contributed by atoms with Crippen LogP contribution in [0.3, 0.4) is 0 Å². The van der Waals surface area contributed by atoms with E-state index in [4.69, 9.17) is 4.74 Å². The summed E-state index contributed by atoms with van der Waals surface area (Å²) < 4.78 is 30.0. The van der Waals surface area contributed by atoms with E-state index in [0.717, 1.165) is 32.1 Å². The fourth-order valence-corrected chi connectivity index (χ4v) is 3.07. The van der Waals surface area contributed by atoms with Gasteiger partial charge in [-0.25, -0.2) is 12.7 Å². The molecule has 118 valence electrons. The van der Waals surface area contributed by atoms with Crippen LogP contribution < -0.4 is 5.32 Å². The largest absolute Gasteiger partial charge is 0.368 e. The van der Waals surface area contributed by atoms with Crippen molar-refractivity contribution in [2.45, 2.75) is 45.1 Å².